The van der Waals surface area contributed by atoms with Crippen molar-refractivity contribution in [1.82, 2.24) is 9.78 Å². The second kappa shape index (κ2) is 6.48. The lowest BCUT2D eigenvalue weighted by Crippen LogP contribution is -2.11. The van der Waals surface area contributed by atoms with Crippen LogP contribution < -0.4 is 0 Å². The van der Waals surface area contributed by atoms with E-state index >= 15 is 0 Å². The van der Waals surface area contributed by atoms with Crippen LogP contribution in [0.15, 0.2) is 48.7 Å². The summed E-state index contributed by atoms with van der Waals surface area (Å²) in [6.45, 7) is 3.80. The van der Waals surface area contributed by atoms with E-state index < -0.39 is 6.10 Å². The maximum atomic E-state index is 11.4. The number of aliphatic hydroxyl groups excluding tert-OH is 1. The Bertz CT molecular complexity index is 833. The highest BCUT2D eigenvalue weighted by atomic mass is 32.1. The summed E-state index contributed by atoms with van der Waals surface area (Å²) in [5.74, 6) is 0.0919. The van der Waals surface area contributed by atoms with E-state index in [9.17, 15) is 9.90 Å². The molecule has 0 amide bonds. The minimum atomic E-state index is -0.426. The van der Waals surface area contributed by atoms with Crippen molar-refractivity contribution in [2.75, 3.05) is 0 Å². The first-order valence-electron chi connectivity index (χ1n) is 7.46. The van der Waals surface area contributed by atoms with Crippen LogP contribution in [0.3, 0.4) is 0 Å². The SMILES string of the molecule is CC(=O)c1ccc(-c2cccc(-c3ccn(C[C@@H](C)O)n3)c2)s1. The molecule has 0 aliphatic carbocycles. The van der Waals surface area contributed by atoms with Gasteiger partial charge in [0.15, 0.2) is 5.78 Å². The molecular formula is C18H18N2O2S. The summed E-state index contributed by atoms with van der Waals surface area (Å²) in [4.78, 5) is 13.3. The van der Waals surface area contributed by atoms with E-state index in [1.54, 1.807) is 18.5 Å². The van der Waals surface area contributed by atoms with Crippen LogP contribution in [0.1, 0.15) is 23.5 Å². The number of nitrogens with zero attached hydrogens (tertiary/aromatic N) is 2. The van der Waals surface area contributed by atoms with Gasteiger partial charge in [-0.05, 0) is 43.7 Å². The summed E-state index contributed by atoms with van der Waals surface area (Å²) >= 11 is 1.50. The topological polar surface area (TPSA) is 55.1 Å². The van der Waals surface area contributed by atoms with Crippen molar-refractivity contribution in [1.29, 1.82) is 0 Å². The third-order valence-electron chi connectivity index (χ3n) is 3.49. The molecule has 2 heterocycles. The second-order valence-corrected chi connectivity index (χ2v) is 6.66. The third-order valence-corrected chi connectivity index (χ3v) is 4.72. The first kappa shape index (κ1) is 15.6. The van der Waals surface area contributed by atoms with Crippen LogP contribution in [0.2, 0.25) is 0 Å². The van der Waals surface area contributed by atoms with E-state index in [1.165, 1.54) is 11.3 Å². The van der Waals surface area contributed by atoms with Crippen LogP contribution in [0.4, 0.5) is 0 Å². The molecular weight excluding hydrogens is 308 g/mol. The van der Waals surface area contributed by atoms with Crippen LogP contribution >= 0.6 is 11.3 Å². The number of benzene rings is 1. The average Bonchev–Trinajstić information content (AvgIpc) is 3.16. The maximum Gasteiger partial charge on any atom is 0.169 e. The fraction of sp³-hybridized carbons (Fsp3) is 0.222. The van der Waals surface area contributed by atoms with Crippen molar-refractivity contribution >= 4 is 17.1 Å². The molecule has 0 aliphatic heterocycles. The zero-order chi connectivity index (χ0) is 16.4. The van der Waals surface area contributed by atoms with Crippen molar-refractivity contribution in [2.24, 2.45) is 0 Å². The zero-order valence-corrected chi connectivity index (χ0v) is 13.9. The number of aromatic nitrogens is 2. The lowest BCUT2D eigenvalue weighted by atomic mass is 10.1. The average molecular weight is 326 g/mol. The molecule has 0 bridgehead atoms. The van der Waals surface area contributed by atoms with Crippen molar-refractivity contribution in [3.05, 3.63) is 53.5 Å². The molecule has 118 valence electrons. The van der Waals surface area contributed by atoms with E-state index in [1.807, 2.05) is 42.6 Å². The van der Waals surface area contributed by atoms with Gasteiger partial charge in [0.05, 0.1) is 23.2 Å². The van der Waals surface area contributed by atoms with Gasteiger partial charge in [0, 0.05) is 16.6 Å². The number of ketones is 1. The third kappa shape index (κ3) is 3.57. The van der Waals surface area contributed by atoms with E-state index in [4.69, 9.17) is 0 Å². The van der Waals surface area contributed by atoms with Gasteiger partial charge in [0.25, 0.3) is 0 Å². The minimum Gasteiger partial charge on any atom is -0.391 e. The highest BCUT2D eigenvalue weighted by molar-refractivity contribution is 7.17. The van der Waals surface area contributed by atoms with Gasteiger partial charge in [-0.15, -0.1) is 11.3 Å². The van der Waals surface area contributed by atoms with Crippen LogP contribution in [0, 0.1) is 0 Å². The number of aliphatic hydroxyl groups is 1. The largest absolute Gasteiger partial charge is 0.391 e. The van der Waals surface area contributed by atoms with Crippen LogP contribution in [0.25, 0.3) is 21.7 Å². The Morgan fingerprint density at radius 1 is 1.26 bits per heavy atom. The first-order valence-corrected chi connectivity index (χ1v) is 8.27. The zero-order valence-electron chi connectivity index (χ0n) is 13.1. The predicted octanol–water partition coefficient (Wildman–Crippen LogP) is 3.86. The van der Waals surface area contributed by atoms with Gasteiger partial charge < -0.3 is 5.11 Å². The molecule has 3 rings (SSSR count). The summed E-state index contributed by atoms with van der Waals surface area (Å²) in [5.41, 5.74) is 2.96. The normalized spacial score (nSPS) is 12.3. The Hall–Kier alpha value is -2.24. The van der Waals surface area contributed by atoms with Crippen LogP contribution in [-0.2, 0) is 6.54 Å². The number of carbonyl (C=O) groups is 1. The van der Waals surface area contributed by atoms with Gasteiger partial charge in [-0.3, -0.25) is 9.48 Å². The van der Waals surface area contributed by atoms with Crippen molar-refractivity contribution in [3.8, 4) is 21.7 Å². The Morgan fingerprint density at radius 2 is 2.04 bits per heavy atom. The standard InChI is InChI=1S/C18H18N2O2S/c1-12(21)11-20-9-8-16(19-20)14-4-3-5-15(10-14)18-7-6-17(23-18)13(2)22/h3-10,12,21H,11H2,1-2H3/t12-/m1/s1. The Morgan fingerprint density at radius 3 is 2.74 bits per heavy atom. The fourth-order valence-corrected chi connectivity index (χ4v) is 3.30. The Balaban J connectivity index is 1.90. The number of carbonyl (C=O) groups excluding carboxylic acids is 1. The quantitative estimate of drug-likeness (QED) is 0.724. The molecule has 1 N–H and O–H groups in total. The number of Topliss-reactive ketones (excluding diaryl/α,β-unsaturated/α-hetero) is 1. The number of rotatable bonds is 5. The molecule has 1 atom stereocenters. The van der Waals surface area contributed by atoms with E-state index in [0.717, 1.165) is 26.6 Å². The maximum absolute atomic E-state index is 11.4. The van der Waals surface area contributed by atoms with Crippen LogP contribution in [0.5, 0.6) is 0 Å². The second-order valence-electron chi connectivity index (χ2n) is 5.57. The molecule has 0 saturated carbocycles. The van der Waals surface area contributed by atoms with E-state index in [0.29, 0.717) is 6.54 Å². The van der Waals surface area contributed by atoms with Gasteiger partial charge in [-0.2, -0.15) is 5.10 Å². The smallest absolute Gasteiger partial charge is 0.169 e. The van der Waals surface area contributed by atoms with Crippen LogP contribution in [-0.4, -0.2) is 26.8 Å². The van der Waals surface area contributed by atoms with Gasteiger partial charge in [-0.25, -0.2) is 0 Å². The monoisotopic (exact) mass is 326 g/mol. The highest BCUT2D eigenvalue weighted by Gasteiger charge is 2.09. The summed E-state index contributed by atoms with van der Waals surface area (Å²) in [6.07, 6.45) is 1.44. The van der Waals surface area contributed by atoms with Crippen molar-refractivity contribution in [3.63, 3.8) is 0 Å². The summed E-state index contributed by atoms with van der Waals surface area (Å²) in [6, 6.07) is 13.9. The van der Waals surface area contributed by atoms with Gasteiger partial charge in [-0.1, -0.05) is 18.2 Å². The Labute approximate surface area is 139 Å². The fourth-order valence-electron chi connectivity index (χ4n) is 2.40. The molecule has 23 heavy (non-hydrogen) atoms. The molecule has 0 aliphatic rings. The molecule has 4 nitrogen and oxygen atoms in total. The minimum absolute atomic E-state index is 0.0919. The van der Waals surface area contributed by atoms with Gasteiger partial charge >= 0.3 is 0 Å². The molecule has 0 fully saturated rings. The number of hydrogen-bond donors (Lipinski definition) is 1. The molecule has 0 radical (unpaired) electrons. The molecule has 0 unspecified atom stereocenters. The summed E-state index contributed by atoms with van der Waals surface area (Å²) in [7, 11) is 0. The number of hydrogen-bond acceptors (Lipinski definition) is 4. The molecule has 3 aromatic rings. The molecule has 2 aromatic heterocycles. The van der Waals surface area contributed by atoms with Crippen molar-refractivity contribution in [2.45, 2.75) is 26.5 Å². The van der Waals surface area contributed by atoms with E-state index in [2.05, 4.69) is 11.2 Å². The van der Waals surface area contributed by atoms with Gasteiger partial charge in [0.2, 0.25) is 0 Å². The molecule has 5 heteroatoms. The number of thiophene rings is 1. The van der Waals surface area contributed by atoms with Crippen molar-refractivity contribution < 1.29 is 9.90 Å². The van der Waals surface area contributed by atoms with E-state index in [-0.39, 0.29) is 5.78 Å². The molecule has 0 saturated heterocycles. The predicted molar refractivity (Wildman–Crippen MR) is 92.7 cm³/mol. The van der Waals surface area contributed by atoms with Gasteiger partial charge in [0.1, 0.15) is 0 Å². The molecule has 0 spiro atoms. The summed E-state index contributed by atoms with van der Waals surface area (Å²) in [5, 5.41) is 13.9. The first-order chi connectivity index (χ1) is 11.0. The Kier molecular flexibility index (Phi) is 4.41. The highest BCUT2D eigenvalue weighted by Crippen LogP contribution is 2.31. The lowest BCUT2D eigenvalue weighted by Gasteiger charge is -2.04. The lowest BCUT2D eigenvalue weighted by molar-refractivity contribution is 0.102. The molecule has 1 aromatic carbocycles. The summed E-state index contributed by atoms with van der Waals surface area (Å²) < 4.78 is 1.74.